The van der Waals surface area contributed by atoms with Crippen molar-refractivity contribution in [3.8, 4) is 0 Å². The summed E-state index contributed by atoms with van der Waals surface area (Å²) in [4.78, 5) is 12.2. The maximum absolute atomic E-state index is 12.2. The maximum Gasteiger partial charge on any atom is 0.237 e. The number of rotatable bonds is 4. The van der Waals surface area contributed by atoms with E-state index in [1.54, 1.807) is 0 Å². The molecular formula is C17H25ClN2O. The van der Waals surface area contributed by atoms with Crippen molar-refractivity contribution in [3.05, 3.63) is 35.9 Å². The Kier molecular flexibility index (Phi) is 6.07. The number of benzene rings is 1. The van der Waals surface area contributed by atoms with Crippen LogP contribution in [0.3, 0.4) is 0 Å². The van der Waals surface area contributed by atoms with Crippen molar-refractivity contribution >= 4 is 18.3 Å². The Balaban J connectivity index is 0.00000161. The highest BCUT2D eigenvalue weighted by Gasteiger charge is 2.37. The van der Waals surface area contributed by atoms with Crippen molar-refractivity contribution in [1.82, 2.24) is 10.6 Å². The van der Waals surface area contributed by atoms with Crippen LogP contribution in [0, 0.1) is 5.92 Å². The molecule has 1 aromatic carbocycles. The second-order valence-electron chi connectivity index (χ2n) is 6.13. The van der Waals surface area contributed by atoms with E-state index in [0.29, 0.717) is 6.04 Å². The molecule has 3 rings (SSSR count). The van der Waals surface area contributed by atoms with Gasteiger partial charge in [0.2, 0.25) is 5.91 Å². The normalized spacial score (nSPS) is 27.5. The minimum absolute atomic E-state index is 0. The van der Waals surface area contributed by atoms with Gasteiger partial charge in [0, 0.05) is 12.6 Å². The molecule has 1 heterocycles. The fourth-order valence-corrected chi connectivity index (χ4v) is 3.62. The molecule has 1 aliphatic carbocycles. The molecule has 3 unspecified atom stereocenters. The van der Waals surface area contributed by atoms with Crippen molar-refractivity contribution in [1.29, 1.82) is 0 Å². The van der Waals surface area contributed by atoms with Crippen LogP contribution in [0.2, 0.25) is 0 Å². The molecule has 3 atom stereocenters. The zero-order valence-corrected chi connectivity index (χ0v) is 13.2. The largest absolute Gasteiger partial charge is 0.354 e. The highest BCUT2D eigenvalue weighted by atomic mass is 35.5. The van der Waals surface area contributed by atoms with Gasteiger partial charge in [-0.15, -0.1) is 12.4 Å². The first-order valence-electron chi connectivity index (χ1n) is 7.90. The van der Waals surface area contributed by atoms with Gasteiger partial charge in [-0.05, 0) is 37.2 Å². The molecule has 2 aliphatic rings. The molecule has 0 radical (unpaired) electrons. The van der Waals surface area contributed by atoms with Crippen molar-refractivity contribution in [2.24, 2.45) is 5.92 Å². The third-order valence-corrected chi connectivity index (χ3v) is 4.74. The van der Waals surface area contributed by atoms with Crippen molar-refractivity contribution < 1.29 is 4.79 Å². The zero-order chi connectivity index (χ0) is 13.8. The minimum Gasteiger partial charge on any atom is -0.354 e. The van der Waals surface area contributed by atoms with Gasteiger partial charge in [0.15, 0.2) is 0 Å². The molecule has 2 fully saturated rings. The van der Waals surface area contributed by atoms with Crippen molar-refractivity contribution in [2.45, 2.75) is 50.6 Å². The van der Waals surface area contributed by atoms with Crippen LogP contribution in [0.25, 0.3) is 0 Å². The summed E-state index contributed by atoms with van der Waals surface area (Å²) >= 11 is 0. The highest BCUT2D eigenvalue weighted by molar-refractivity contribution is 5.85. The topological polar surface area (TPSA) is 41.1 Å². The molecule has 1 saturated heterocycles. The minimum atomic E-state index is 0. The van der Waals surface area contributed by atoms with E-state index in [-0.39, 0.29) is 24.4 Å². The SMILES string of the molecule is Cl.O=C(NCCc1ccccc1)C1CC2CCCCC2N1. The van der Waals surface area contributed by atoms with Crippen LogP contribution in [0.1, 0.15) is 37.7 Å². The van der Waals surface area contributed by atoms with Crippen LogP contribution >= 0.6 is 12.4 Å². The van der Waals surface area contributed by atoms with E-state index in [9.17, 15) is 4.79 Å². The Bertz CT molecular complexity index is 437. The number of hydrogen-bond acceptors (Lipinski definition) is 2. The number of amides is 1. The van der Waals surface area contributed by atoms with Crippen molar-refractivity contribution in [3.63, 3.8) is 0 Å². The van der Waals surface area contributed by atoms with Gasteiger partial charge in [0.05, 0.1) is 6.04 Å². The van der Waals surface area contributed by atoms with Gasteiger partial charge >= 0.3 is 0 Å². The maximum atomic E-state index is 12.2. The first-order chi connectivity index (χ1) is 9.83. The zero-order valence-electron chi connectivity index (χ0n) is 12.4. The molecule has 0 aromatic heterocycles. The van der Waals surface area contributed by atoms with E-state index in [1.165, 1.54) is 31.2 Å². The second kappa shape index (κ2) is 7.81. The smallest absolute Gasteiger partial charge is 0.237 e. The summed E-state index contributed by atoms with van der Waals surface area (Å²) in [5.74, 6) is 0.920. The average Bonchev–Trinajstić information content (AvgIpc) is 2.92. The summed E-state index contributed by atoms with van der Waals surface area (Å²) in [5, 5.41) is 6.61. The molecule has 0 bridgehead atoms. The molecule has 21 heavy (non-hydrogen) atoms. The van der Waals surface area contributed by atoms with Gasteiger partial charge in [0.1, 0.15) is 0 Å². The summed E-state index contributed by atoms with van der Waals surface area (Å²) in [6.45, 7) is 0.732. The highest BCUT2D eigenvalue weighted by Crippen LogP contribution is 2.33. The summed E-state index contributed by atoms with van der Waals surface area (Å²) in [7, 11) is 0. The number of fused-ring (bicyclic) bond motifs is 1. The van der Waals surface area contributed by atoms with Gasteiger partial charge in [-0.1, -0.05) is 43.2 Å². The first kappa shape index (κ1) is 16.3. The molecule has 1 saturated carbocycles. The predicted octanol–water partition coefficient (Wildman–Crippen LogP) is 2.69. The lowest BCUT2D eigenvalue weighted by Crippen LogP contribution is -2.43. The van der Waals surface area contributed by atoms with E-state index in [1.807, 2.05) is 18.2 Å². The van der Waals surface area contributed by atoms with Crippen LogP contribution in [0.15, 0.2) is 30.3 Å². The number of halogens is 1. The molecule has 116 valence electrons. The van der Waals surface area contributed by atoms with E-state index < -0.39 is 0 Å². The summed E-state index contributed by atoms with van der Waals surface area (Å²) in [6, 6.07) is 10.9. The molecule has 4 heteroatoms. The number of hydrogen-bond donors (Lipinski definition) is 2. The first-order valence-corrected chi connectivity index (χ1v) is 7.90. The van der Waals surface area contributed by atoms with Crippen LogP contribution < -0.4 is 10.6 Å². The van der Waals surface area contributed by atoms with Crippen LogP contribution in [-0.4, -0.2) is 24.5 Å². The number of carbonyl (C=O) groups is 1. The monoisotopic (exact) mass is 308 g/mol. The molecule has 1 amide bonds. The Hall–Kier alpha value is -1.06. The van der Waals surface area contributed by atoms with Gasteiger partial charge < -0.3 is 10.6 Å². The molecular weight excluding hydrogens is 284 g/mol. The van der Waals surface area contributed by atoms with E-state index in [2.05, 4.69) is 22.8 Å². The van der Waals surface area contributed by atoms with Crippen molar-refractivity contribution in [2.75, 3.05) is 6.54 Å². The third kappa shape index (κ3) is 4.21. The Labute approximate surface area is 133 Å². The van der Waals surface area contributed by atoms with Crippen LogP contribution in [0.5, 0.6) is 0 Å². The van der Waals surface area contributed by atoms with Gasteiger partial charge in [-0.25, -0.2) is 0 Å². The Morgan fingerprint density at radius 2 is 1.95 bits per heavy atom. The summed E-state index contributed by atoms with van der Waals surface area (Å²) < 4.78 is 0. The predicted molar refractivity (Wildman–Crippen MR) is 87.7 cm³/mol. The van der Waals surface area contributed by atoms with E-state index in [0.717, 1.165) is 25.3 Å². The van der Waals surface area contributed by atoms with Gasteiger partial charge in [-0.3, -0.25) is 4.79 Å². The van der Waals surface area contributed by atoms with E-state index in [4.69, 9.17) is 0 Å². The molecule has 1 aliphatic heterocycles. The average molecular weight is 309 g/mol. The fourth-order valence-electron chi connectivity index (χ4n) is 3.62. The fraction of sp³-hybridized carbons (Fsp3) is 0.588. The summed E-state index contributed by atoms with van der Waals surface area (Å²) in [5.41, 5.74) is 1.28. The van der Waals surface area contributed by atoms with Crippen LogP contribution in [0.4, 0.5) is 0 Å². The van der Waals surface area contributed by atoms with Gasteiger partial charge in [0.25, 0.3) is 0 Å². The second-order valence-corrected chi connectivity index (χ2v) is 6.13. The molecule has 1 aromatic rings. The lowest BCUT2D eigenvalue weighted by atomic mass is 9.85. The molecule has 0 spiro atoms. The third-order valence-electron chi connectivity index (χ3n) is 4.74. The van der Waals surface area contributed by atoms with Crippen LogP contribution in [-0.2, 0) is 11.2 Å². The van der Waals surface area contributed by atoms with E-state index >= 15 is 0 Å². The lowest BCUT2D eigenvalue weighted by Gasteiger charge is -2.24. The molecule has 3 nitrogen and oxygen atoms in total. The number of nitrogens with one attached hydrogen (secondary N) is 2. The van der Waals surface area contributed by atoms with Gasteiger partial charge in [-0.2, -0.15) is 0 Å². The molecule has 2 N–H and O–H groups in total. The number of carbonyl (C=O) groups excluding carboxylic acids is 1. The lowest BCUT2D eigenvalue weighted by molar-refractivity contribution is -0.122. The summed E-state index contributed by atoms with van der Waals surface area (Å²) in [6.07, 6.45) is 7.14. The quantitative estimate of drug-likeness (QED) is 0.898. The Morgan fingerprint density at radius 1 is 1.19 bits per heavy atom. The standard InChI is InChI=1S/C17H24N2O.ClH/c20-17(18-11-10-13-6-2-1-3-7-13)16-12-14-8-4-5-9-15(14)19-16;/h1-3,6-7,14-16,19H,4-5,8-12H2,(H,18,20);1H. The Morgan fingerprint density at radius 3 is 2.71 bits per heavy atom.